The lowest BCUT2D eigenvalue weighted by atomic mass is 10.1. The van der Waals surface area contributed by atoms with Gasteiger partial charge in [0.2, 0.25) is 0 Å². The van der Waals surface area contributed by atoms with Gasteiger partial charge in [-0.05, 0) is 98.4 Å². The quantitative estimate of drug-likeness (QED) is 0.197. The summed E-state index contributed by atoms with van der Waals surface area (Å²) < 4.78 is 21.3. The Morgan fingerprint density at radius 2 is 1.82 bits per heavy atom. The van der Waals surface area contributed by atoms with Crippen molar-refractivity contribution in [2.45, 2.75) is 13.2 Å². The lowest BCUT2D eigenvalue weighted by Gasteiger charge is -2.14. The largest absolute Gasteiger partial charge is 0.487 e. The first kappa shape index (κ1) is 24.5. The van der Waals surface area contributed by atoms with Gasteiger partial charge in [0.15, 0.2) is 0 Å². The number of carbonyl (C=O) groups is 2. The predicted octanol–water partition coefficient (Wildman–Crippen LogP) is 7.50. The molecule has 4 rings (SSSR count). The minimum atomic E-state index is -0.478. The number of ether oxygens (including phenoxy) is 1. The second-order valence-corrected chi connectivity index (χ2v) is 10.9. The topological polar surface area (TPSA) is 46.6 Å². The molecule has 0 spiro atoms. The molecule has 0 unspecified atom stereocenters. The summed E-state index contributed by atoms with van der Waals surface area (Å²) in [6.45, 7) is 0.352. The van der Waals surface area contributed by atoms with Crippen LogP contribution in [0, 0.1) is 13.0 Å². The predicted molar refractivity (Wildman–Crippen MR) is 146 cm³/mol. The number of imide groups is 1. The molecule has 0 saturated carbocycles. The Morgan fingerprint density at radius 3 is 2.55 bits per heavy atom. The SMILES string of the molecule is O=C1S/C(=C/c2cc(I)cc(I)c2OCc2ccccc2)C(=O)N1Cc1ccc(F)cc1Cl. The summed E-state index contributed by atoms with van der Waals surface area (Å²) in [4.78, 5) is 27.0. The molecule has 0 bridgehead atoms. The second-order valence-electron chi connectivity index (χ2n) is 7.08. The van der Waals surface area contributed by atoms with E-state index in [0.29, 0.717) is 28.4 Å². The van der Waals surface area contributed by atoms with Crippen molar-refractivity contribution in [2.75, 3.05) is 0 Å². The van der Waals surface area contributed by atoms with Gasteiger partial charge >= 0.3 is 0 Å². The van der Waals surface area contributed by atoms with E-state index in [4.69, 9.17) is 16.3 Å². The molecule has 4 nitrogen and oxygen atoms in total. The van der Waals surface area contributed by atoms with Crippen LogP contribution in [-0.4, -0.2) is 16.0 Å². The average Bonchev–Trinajstić information content (AvgIpc) is 3.03. The number of benzene rings is 3. The van der Waals surface area contributed by atoms with Crippen LogP contribution in [0.25, 0.3) is 6.08 Å². The molecular weight excluding hydrogens is 691 g/mol. The number of hydrogen-bond donors (Lipinski definition) is 0. The van der Waals surface area contributed by atoms with Crippen LogP contribution in [0.3, 0.4) is 0 Å². The Bertz CT molecular complexity index is 1270. The molecular formula is C24H15ClFI2NO3S. The molecule has 1 fully saturated rings. The van der Waals surface area contributed by atoms with Gasteiger partial charge in [0.05, 0.1) is 15.0 Å². The van der Waals surface area contributed by atoms with E-state index in [9.17, 15) is 14.0 Å². The van der Waals surface area contributed by atoms with Crippen LogP contribution in [0.1, 0.15) is 16.7 Å². The lowest BCUT2D eigenvalue weighted by Crippen LogP contribution is -2.27. The van der Waals surface area contributed by atoms with Gasteiger partial charge in [0, 0.05) is 14.2 Å². The minimum Gasteiger partial charge on any atom is -0.487 e. The first-order valence-electron chi connectivity index (χ1n) is 9.67. The third-order valence-corrected chi connectivity index (χ3v) is 7.45. The van der Waals surface area contributed by atoms with Crippen molar-refractivity contribution in [3.05, 3.63) is 100 Å². The number of amides is 2. The standard InChI is InChI=1S/C24H15ClFI2NO3S/c25-19-10-17(26)7-6-15(19)12-29-23(30)21(33-24(29)31)9-16-8-18(27)11-20(28)22(16)32-13-14-4-2-1-3-5-14/h1-11H,12-13H2/b21-9+. The molecule has 3 aromatic rings. The average molecular weight is 706 g/mol. The molecule has 0 N–H and O–H groups in total. The Kier molecular flexibility index (Phi) is 7.98. The summed E-state index contributed by atoms with van der Waals surface area (Å²) in [6, 6.07) is 17.6. The summed E-state index contributed by atoms with van der Waals surface area (Å²) in [6.07, 6.45) is 1.68. The van der Waals surface area contributed by atoms with E-state index in [0.717, 1.165) is 35.4 Å². The zero-order valence-electron chi connectivity index (χ0n) is 16.9. The molecule has 33 heavy (non-hydrogen) atoms. The number of hydrogen-bond acceptors (Lipinski definition) is 4. The van der Waals surface area contributed by atoms with Gasteiger partial charge in [-0.1, -0.05) is 48.0 Å². The zero-order chi connectivity index (χ0) is 23.5. The maximum Gasteiger partial charge on any atom is 0.293 e. The minimum absolute atomic E-state index is 0.0255. The van der Waals surface area contributed by atoms with Crippen molar-refractivity contribution >= 4 is 85.8 Å². The molecule has 2 amide bonds. The number of thioether (sulfide) groups is 1. The van der Waals surface area contributed by atoms with Gasteiger partial charge in [-0.15, -0.1) is 0 Å². The van der Waals surface area contributed by atoms with E-state index >= 15 is 0 Å². The van der Waals surface area contributed by atoms with Crippen molar-refractivity contribution in [1.29, 1.82) is 0 Å². The summed E-state index contributed by atoms with van der Waals surface area (Å²) >= 11 is 11.3. The first-order valence-corrected chi connectivity index (χ1v) is 13.0. The summed E-state index contributed by atoms with van der Waals surface area (Å²) in [5, 5.41) is -0.236. The third-order valence-electron chi connectivity index (χ3n) is 4.77. The van der Waals surface area contributed by atoms with Crippen molar-refractivity contribution in [3.63, 3.8) is 0 Å². The van der Waals surface area contributed by atoms with E-state index in [1.165, 1.54) is 12.1 Å². The third kappa shape index (κ3) is 5.90. The Hall–Kier alpha value is -1.63. The van der Waals surface area contributed by atoms with Crippen molar-refractivity contribution in [1.82, 2.24) is 4.90 Å². The molecule has 1 aliphatic heterocycles. The molecule has 0 aromatic heterocycles. The number of nitrogens with zero attached hydrogens (tertiary/aromatic N) is 1. The van der Waals surface area contributed by atoms with E-state index in [1.54, 1.807) is 6.08 Å². The van der Waals surface area contributed by atoms with Gasteiger partial charge in [-0.25, -0.2) is 4.39 Å². The van der Waals surface area contributed by atoms with Crippen molar-refractivity contribution < 1.29 is 18.7 Å². The Balaban J connectivity index is 1.60. The first-order chi connectivity index (χ1) is 15.8. The highest BCUT2D eigenvalue weighted by atomic mass is 127. The maximum absolute atomic E-state index is 13.3. The Morgan fingerprint density at radius 1 is 1.06 bits per heavy atom. The zero-order valence-corrected chi connectivity index (χ0v) is 22.7. The maximum atomic E-state index is 13.3. The molecule has 3 aromatic carbocycles. The van der Waals surface area contributed by atoms with Crippen LogP contribution in [0.15, 0.2) is 65.6 Å². The van der Waals surface area contributed by atoms with Gasteiger partial charge < -0.3 is 4.74 Å². The van der Waals surface area contributed by atoms with Crippen LogP contribution >= 0.6 is 68.5 Å². The van der Waals surface area contributed by atoms with Crippen LogP contribution in [0.5, 0.6) is 5.75 Å². The lowest BCUT2D eigenvalue weighted by molar-refractivity contribution is -0.123. The smallest absolute Gasteiger partial charge is 0.293 e. The van der Waals surface area contributed by atoms with Gasteiger partial charge in [-0.2, -0.15) is 0 Å². The van der Waals surface area contributed by atoms with Crippen LogP contribution in [-0.2, 0) is 17.9 Å². The normalized spacial score (nSPS) is 14.9. The molecule has 1 saturated heterocycles. The molecule has 1 aliphatic rings. The van der Waals surface area contributed by atoms with Crippen molar-refractivity contribution in [2.24, 2.45) is 0 Å². The highest BCUT2D eigenvalue weighted by Crippen LogP contribution is 2.37. The van der Waals surface area contributed by atoms with Crippen LogP contribution in [0.4, 0.5) is 9.18 Å². The molecule has 1 heterocycles. The van der Waals surface area contributed by atoms with E-state index in [2.05, 4.69) is 45.2 Å². The second kappa shape index (κ2) is 10.7. The molecule has 0 radical (unpaired) electrons. The fraction of sp³-hybridized carbons (Fsp3) is 0.0833. The van der Waals surface area contributed by atoms with Gasteiger partial charge in [-0.3, -0.25) is 14.5 Å². The van der Waals surface area contributed by atoms with E-state index in [1.807, 2.05) is 42.5 Å². The molecule has 0 aliphatic carbocycles. The van der Waals surface area contributed by atoms with E-state index < -0.39 is 17.0 Å². The number of carbonyl (C=O) groups excluding carboxylic acids is 2. The number of rotatable bonds is 6. The molecule has 9 heteroatoms. The number of halogens is 4. The highest BCUT2D eigenvalue weighted by molar-refractivity contribution is 14.1. The van der Waals surface area contributed by atoms with Gasteiger partial charge in [0.25, 0.3) is 11.1 Å². The monoisotopic (exact) mass is 705 g/mol. The molecule has 0 atom stereocenters. The Labute approximate surface area is 226 Å². The highest BCUT2D eigenvalue weighted by Gasteiger charge is 2.35. The van der Waals surface area contributed by atoms with Gasteiger partial charge in [0.1, 0.15) is 18.2 Å². The molecule has 168 valence electrons. The van der Waals surface area contributed by atoms with Crippen LogP contribution < -0.4 is 4.74 Å². The fourth-order valence-corrected chi connectivity index (χ4v) is 6.27. The fourth-order valence-electron chi connectivity index (χ4n) is 3.17. The van der Waals surface area contributed by atoms with Crippen LogP contribution in [0.2, 0.25) is 5.02 Å². The summed E-state index contributed by atoms with van der Waals surface area (Å²) in [5.41, 5.74) is 2.24. The summed E-state index contributed by atoms with van der Waals surface area (Å²) in [5.74, 6) is -0.254. The van der Waals surface area contributed by atoms with E-state index in [-0.39, 0.29) is 11.6 Å². The van der Waals surface area contributed by atoms with Crippen molar-refractivity contribution in [3.8, 4) is 5.75 Å². The summed E-state index contributed by atoms with van der Waals surface area (Å²) in [7, 11) is 0.